The van der Waals surface area contributed by atoms with Crippen LogP contribution in [-0.4, -0.2) is 41.0 Å². The Balaban J connectivity index is 1.64. The lowest BCUT2D eigenvalue weighted by atomic mass is 10.1. The van der Waals surface area contributed by atoms with E-state index in [1.54, 1.807) is 11.1 Å². The number of esters is 1. The molecule has 1 N–H and O–H groups in total. The molecule has 3 aromatic rings. The summed E-state index contributed by atoms with van der Waals surface area (Å²) in [4.78, 5) is 31.8. The van der Waals surface area contributed by atoms with Gasteiger partial charge in [-0.3, -0.25) is 4.98 Å². The van der Waals surface area contributed by atoms with Gasteiger partial charge >= 0.3 is 12.0 Å². The van der Waals surface area contributed by atoms with Crippen LogP contribution in [0.1, 0.15) is 23.7 Å². The zero-order chi connectivity index (χ0) is 22.6. The molecule has 6 heteroatoms. The van der Waals surface area contributed by atoms with Crippen LogP contribution < -0.4 is 5.32 Å². The van der Waals surface area contributed by atoms with Crippen molar-refractivity contribution in [3.8, 4) is 0 Å². The van der Waals surface area contributed by atoms with Crippen molar-refractivity contribution in [3.63, 3.8) is 0 Å². The van der Waals surface area contributed by atoms with Crippen LogP contribution in [0.4, 0.5) is 4.79 Å². The first-order valence-electron chi connectivity index (χ1n) is 10.9. The normalized spacial score (nSPS) is 11.4. The molecule has 0 fully saturated rings. The van der Waals surface area contributed by atoms with E-state index in [0.717, 1.165) is 16.8 Å². The average Bonchev–Trinajstić information content (AvgIpc) is 2.84. The Bertz CT molecular complexity index is 965. The van der Waals surface area contributed by atoms with E-state index >= 15 is 0 Å². The lowest BCUT2D eigenvalue weighted by Crippen LogP contribution is -2.49. The highest BCUT2D eigenvalue weighted by Gasteiger charge is 2.25. The van der Waals surface area contributed by atoms with Gasteiger partial charge in [0.05, 0.1) is 0 Å². The summed E-state index contributed by atoms with van der Waals surface area (Å²) in [6.45, 7) is 3.11. The second-order valence-electron chi connectivity index (χ2n) is 7.44. The first kappa shape index (κ1) is 23.0. The number of nitrogens with zero attached hydrogens (tertiary/aromatic N) is 2. The fourth-order valence-corrected chi connectivity index (χ4v) is 3.31. The summed E-state index contributed by atoms with van der Waals surface area (Å²) in [5, 5.41) is 2.88. The van der Waals surface area contributed by atoms with Gasteiger partial charge in [0.25, 0.3) is 0 Å². The number of likely N-dealkylation sites (N-methyl/N-ethyl adjacent to an activating group) is 1. The third kappa shape index (κ3) is 7.23. The molecule has 1 atom stereocenters. The van der Waals surface area contributed by atoms with Crippen LogP contribution in [-0.2, 0) is 29.0 Å². The maximum absolute atomic E-state index is 13.0. The molecule has 0 spiro atoms. The molecule has 6 nitrogen and oxygen atoms in total. The van der Waals surface area contributed by atoms with Crippen molar-refractivity contribution in [2.45, 2.75) is 32.4 Å². The maximum Gasteiger partial charge on any atom is 0.329 e. The zero-order valence-electron chi connectivity index (χ0n) is 18.3. The van der Waals surface area contributed by atoms with Crippen LogP contribution in [0.15, 0.2) is 85.1 Å². The zero-order valence-corrected chi connectivity index (χ0v) is 18.3. The molecule has 166 valence electrons. The number of ether oxygens (including phenoxy) is 1. The van der Waals surface area contributed by atoms with E-state index in [2.05, 4.69) is 10.3 Å². The third-order valence-electron chi connectivity index (χ3n) is 5.12. The largest absolute Gasteiger partial charge is 0.459 e. The second-order valence-corrected chi connectivity index (χ2v) is 7.44. The quantitative estimate of drug-likeness (QED) is 0.493. The van der Waals surface area contributed by atoms with Gasteiger partial charge in [-0.2, -0.15) is 0 Å². The summed E-state index contributed by atoms with van der Waals surface area (Å²) < 4.78 is 5.52. The Morgan fingerprint density at radius 2 is 1.59 bits per heavy atom. The number of aromatic nitrogens is 1. The van der Waals surface area contributed by atoms with Crippen LogP contribution in [0.3, 0.4) is 0 Å². The monoisotopic (exact) mass is 431 g/mol. The second kappa shape index (κ2) is 12.2. The molecule has 32 heavy (non-hydrogen) atoms. The Morgan fingerprint density at radius 1 is 0.938 bits per heavy atom. The molecule has 0 aliphatic rings. The molecule has 0 radical (unpaired) electrons. The highest BCUT2D eigenvalue weighted by Crippen LogP contribution is 2.08. The average molecular weight is 432 g/mol. The molecule has 2 aromatic carbocycles. The van der Waals surface area contributed by atoms with Crippen LogP contribution in [0.2, 0.25) is 0 Å². The Morgan fingerprint density at radius 3 is 2.22 bits per heavy atom. The maximum atomic E-state index is 13.0. The summed E-state index contributed by atoms with van der Waals surface area (Å²) in [6.07, 6.45) is 2.74. The molecule has 1 aromatic heterocycles. The molecular weight excluding hydrogens is 402 g/mol. The van der Waals surface area contributed by atoms with Gasteiger partial charge in [-0.05, 0) is 30.2 Å². The summed E-state index contributed by atoms with van der Waals surface area (Å²) >= 11 is 0. The SMILES string of the molecule is CCN(CCc1ccccn1)C(=O)NC(Cc1ccccc1)C(=O)OCc1ccccc1. The molecule has 3 rings (SSSR count). The number of carbonyl (C=O) groups excluding carboxylic acids is 2. The molecule has 0 aliphatic heterocycles. The van der Waals surface area contributed by atoms with E-state index in [0.29, 0.717) is 25.9 Å². The number of carbonyl (C=O) groups is 2. The number of amides is 2. The van der Waals surface area contributed by atoms with E-state index in [1.807, 2.05) is 85.8 Å². The van der Waals surface area contributed by atoms with Crippen LogP contribution in [0, 0.1) is 0 Å². The van der Waals surface area contributed by atoms with Crippen molar-refractivity contribution in [1.29, 1.82) is 0 Å². The number of hydrogen-bond donors (Lipinski definition) is 1. The predicted octanol–water partition coefficient (Wildman–Crippen LogP) is 4.01. The molecule has 2 amide bonds. The van der Waals surface area contributed by atoms with E-state index in [-0.39, 0.29) is 12.6 Å². The van der Waals surface area contributed by atoms with Gasteiger partial charge < -0.3 is 15.0 Å². The fourth-order valence-electron chi connectivity index (χ4n) is 3.31. The van der Waals surface area contributed by atoms with Gasteiger partial charge in [0, 0.05) is 37.8 Å². The van der Waals surface area contributed by atoms with Crippen LogP contribution in [0.5, 0.6) is 0 Å². The number of nitrogens with one attached hydrogen (secondary N) is 1. The first-order chi connectivity index (χ1) is 15.7. The highest BCUT2D eigenvalue weighted by atomic mass is 16.5. The number of benzene rings is 2. The molecule has 0 saturated carbocycles. The van der Waals surface area contributed by atoms with Crippen molar-refractivity contribution < 1.29 is 14.3 Å². The molecular formula is C26H29N3O3. The number of rotatable bonds is 10. The van der Waals surface area contributed by atoms with E-state index < -0.39 is 12.0 Å². The lowest BCUT2D eigenvalue weighted by molar-refractivity contribution is -0.147. The van der Waals surface area contributed by atoms with Gasteiger partial charge in [-0.1, -0.05) is 66.7 Å². The van der Waals surface area contributed by atoms with Gasteiger partial charge in [0.2, 0.25) is 0 Å². The highest BCUT2D eigenvalue weighted by molar-refractivity contribution is 5.84. The fraction of sp³-hybridized carbons (Fsp3) is 0.269. The minimum absolute atomic E-state index is 0.165. The van der Waals surface area contributed by atoms with Gasteiger partial charge in [0.1, 0.15) is 12.6 Å². The number of pyridine rings is 1. The van der Waals surface area contributed by atoms with E-state index in [4.69, 9.17) is 4.74 Å². The van der Waals surface area contributed by atoms with Gasteiger partial charge in [-0.25, -0.2) is 9.59 Å². The first-order valence-corrected chi connectivity index (χ1v) is 10.9. The van der Waals surface area contributed by atoms with E-state index in [9.17, 15) is 9.59 Å². The third-order valence-corrected chi connectivity index (χ3v) is 5.12. The Hall–Kier alpha value is -3.67. The van der Waals surface area contributed by atoms with Crippen LogP contribution >= 0.6 is 0 Å². The van der Waals surface area contributed by atoms with Gasteiger partial charge in [-0.15, -0.1) is 0 Å². The van der Waals surface area contributed by atoms with Crippen molar-refractivity contribution in [2.24, 2.45) is 0 Å². The number of urea groups is 1. The summed E-state index contributed by atoms with van der Waals surface area (Å²) in [5.74, 6) is -0.452. The molecule has 0 bridgehead atoms. The van der Waals surface area contributed by atoms with Crippen LogP contribution in [0.25, 0.3) is 0 Å². The number of hydrogen-bond acceptors (Lipinski definition) is 4. The topological polar surface area (TPSA) is 71.5 Å². The van der Waals surface area contributed by atoms with Gasteiger partial charge in [0.15, 0.2) is 0 Å². The summed E-state index contributed by atoms with van der Waals surface area (Å²) in [7, 11) is 0. The van der Waals surface area contributed by atoms with Crippen molar-refractivity contribution in [1.82, 2.24) is 15.2 Å². The summed E-state index contributed by atoms with van der Waals surface area (Å²) in [5.41, 5.74) is 2.77. The van der Waals surface area contributed by atoms with E-state index in [1.165, 1.54) is 0 Å². The minimum atomic E-state index is -0.780. The minimum Gasteiger partial charge on any atom is -0.459 e. The molecule has 1 heterocycles. The van der Waals surface area contributed by atoms with Crippen molar-refractivity contribution in [3.05, 3.63) is 102 Å². The lowest BCUT2D eigenvalue weighted by Gasteiger charge is -2.25. The predicted molar refractivity (Wildman–Crippen MR) is 124 cm³/mol. The smallest absolute Gasteiger partial charge is 0.329 e. The Labute approximate surface area is 189 Å². The Kier molecular flexibility index (Phi) is 8.80. The molecule has 1 unspecified atom stereocenters. The molecule has 0 saturated heterocycles. The molecule has 0 aliphatic carbocycles. The van der Waals surface area contributed by atoms with Crippen molar-refractivity contribution >= 4 is 12.0 Å². The standard InChI is InChI=1S/C26H29N3O3/c1-2-29(18-16-23-15-9-10-17-27-23)26(31)28-24(19-21-11-5-3-6-12-21)25(30)32-20-22-13-7-4-8-14-22/h3-15,17,24H,2,16,18-20H2,1H3,(H,28,31). The summed E-state index contributed by atoms with van der Waals surface area (Å²) in [6, 6.07) is 23.8. The van der Waals surface area contributed by atoms with Crippen molar-refractivity contribution in [2.75, 3.05) is 13.1 Å².